The summed E-state index contributed by atoms with van der Waals surface area (Å²) in [5.74, 6) is 0.833. The van der Waals surface area contributed by atoms with Gasteiger partial charge in [0.05, 0.1) is 47.0 Å². The first-order valence-corrected chi connectivity index (χ1v) is 9.80. The molecule has 0 aliphatic carbocycles. The Hall–Kier alpha value is -2.73. The number of quaternary nitrogens is 1. The van der Waals surface area contributed by atoms with E-state index < -0.39 is 5.97 Å². The Morgan fingerprint density at radius 1 is 0.931 bits per heavy atom. The van der Waals surface area contributed by atoms with Gasteiger partial charge in [0.25, 0.3) is 0 Å². The van der Waals surface area contributed by atoms with Gasteiger partial charge in [0.15, 0.2) is 17.6 Å². The number of nitrogens with zero attached hydrogens (tertiary/aromatic N) is 1. The predicted molar refractivity (Wildman–Crippen MR) is 113 cm³/mol. The van der Waals surface area contributed by atoms with Crippen LogP contribution in [0.1, 0.15) is 35.9 Å². The number of carbonyl (C=O) groups is 1. The molecule has 2 aromatic rings. The third kappa shape index (κ3) is 5.41. The van der Waals surface area contributed by atoms with E-state index >= 15 is 0 Å². The van der Waals surface area contributed by atoms with Crippen LogP contribution >= 0.6 is 0 Å². The third-order valence-electron chi connectivity index (χ3n) is 5.45. The Bertz CT molecular complexity index is 777. The number of rotatable bonds is 10. The molecule has 6 heteroatoms. The topological polar surface area (TPSA) is 54.0 Å². The molecule has 6 nitrogen and oxygen atoms in total. The Kier molecular flexibility index (Phi) is 7.91. The van der Waals surface area contributed by atoms with Crippen LogP contribution < -0.4 is 14.2 Å². The van der Waals surface area contributed by atoms with E-state index in [2.05, 4.69) is 20.9 Å². The van der Waals surface area contributed by atoms with Crippen molar-refractivity contribution in [2.24, 2.45) is 0 Å². The van der Waals surface area contributed by atoms with Gasteiger partial charge in [-0.25, -0.2) is 4.79 Å². The number of hydrogen-bond donors (Lipinski definition) is 0. The number of esters is 1. The van der Waals surface area contributed by atoms with E-state index in [0.717, 1.165) is 23.1 Å². The SMILES string of the molecule is CC[N+](C)(CC)CC(OC(=O)c1cc(OC)c(OC)c(OC)c1)c1ccccc1. The molecule has 0 radical (unpaired) electrons. The summed E-state index contributed by atoms with van der Waals surface area (Å²) in [7, 11) is 6.73. The summed E-state index contributed by atoms with van der Waals surface area (Å²) >= 11 is 0. The highest BCUT2D eigenvalue weighted by atomic mass is 16.5. The van der Waals surface area contributed by atoms with Crippen molar-refractivity contribution in [1.29, 1.82) is 0 Å². The van der Waals surface area contributed by atoms with E-state index in [1.54, 1.807) is 12.1 Å². The lowest BCUT2D eigenvalue weighted by Gasteiger charge is -2.35. The molecule has 0 aliphatic heterocycles. The van der Waals surface area contributed by atoms with Gasteiger partial charge in [-0.3, -0.25) is 0 Å². The Morgan fingerprint density at radius 2 is 1.48 bits per heavy atom. The maximum absolute atomic E-state index is 13.0. The summed E-state index contributed by atoms with van der Waals surface area (Å²) in [5, 5.41) is 0. The Balaban J connectivity index is 2.37. The zero-order valence-corrected chi connectivity index (χ0v) is 18.2. The number of methoxy groups -OCH3 is 3. The molecule has 2 aromatic carbocycles. The lowest BCUT2D eigenvalue weighted by Crippen LogP contribution is -2.47. The van der Waals surface area contributed by atoms with Gasteiger partial charge < -0.3 is 23.4 Å². The summed E-state index contributed by atoms with van der Waals surface area (Å²) in [6, 6.07) is 13.1. The highest BCUT2D eigenvalue weighted by molar-refractivity contribution is 5.91. The second-order valence-corrected chi connectivity index (χ2v) is 7.15. The summed E-state index contributed by atoms with van der Waals surface area (Å²) in [5.41, 5.74) is 1.32. The van der Waals surface area contributed by atoms with Gasteiger partial charge in [-0.2, -0.15) is 0 Å². The second-order valence-electron chi connectivity index (χ2n) is 7.15. The zero-order chi connectivity index (χ0) is 21.4. The van der Waals surface area contributed by atoms with E-state index in [-0.39, 0.29) is 6.10 Å². The molecule has 1 atom stereocenters. The van der Waals surface area contributed by atoms with Crippen LogP contribution in [-0.4, -0.2) is 58.5 Å². The molecular weight excluding hydrogens is 370 g/mol. The maximum atomic E-state index is 13.0. The molecule has 0 aromatic heterocycles. The van der Waals surface area contributed by atoms with Crippen molar-refractivity contribution in [3.8, 4) is 17.2 Å². The molecule has 0 fully saturated rings. The molecule has 0 saturated carbocycles. The van der Waals surface area contributed by atoms with Crippen molar-refractivity contribution in [3.05, 3.63) is 53.6 Å². The normalized spacial score (nSPS) is 12.2. The van der Waals surface area contributed by atoms with Gasteiger partial charge in [0.2, 0.25) is 5.75 Å². The smallest absolute Gasteiger partial charge is 0.339 e. The minimum absolute atomic E-state index is 0.350. The summed E-state index contributed by atoms with van der Waals surface area (Å²) in [6.07, 6.45) is -0.368. The maximum Gasteiger partial charge on any atom is 0.339 e. The van der Waals surface area contributed by atoms with E-state index in [1.165, 1.54) is 21.3 Å². The zero-order valence-electron chi connectivity index (χ0n) is 18.2. The van der Waals surface area contributed by atoms with Gasteiger partial charge in [-0.15, -0.1) is 0 Å². The van der Waals surface area contributed by atoms with Crippen LogP contribution in [0.5, 0.6) is 17.2 Å². The molecule has 0 heterocycles. The number of ether oxygens (including phenoxy) is 4. The summed E-state index contributed by atoms with van der Waals surface area (Å²) in [6.45, 7) is 6.87. The minimum Gasteiger partial charge on any atom is -0.493 e. The Labute approximate surface area is 173 Å². The molecule has 1 unspecified atom stereocenters. The second kappa shape index (κ2) is 10.2. The molecule has 0 bridgehead atoms. The van der Waals surface area contributed by atoms with Gasteiger partial charge in [-0.05, 0) is 31.5 Å². The third-order valence-corrected chi connectivity index (χ3v) is 5.45. The van der Waals surface area contributed by atoms with E-state index in [4.69, 9.17) is 18.9 Å². The highest BCUT2D eigenvalue weighted by Crippen LogP contribution is 2.38. The molecule has 0 aliphatic rings. The van der Waals surface area contributed by atoms with Crippen molar-refractivity contribution in [1.82, 2.24) is 0 Å². The largest absolute Gasteiger partial charge is 0.493 e. The first kappa shape index (κ1) is 22.6. The molecule has 0 N–H and O–H groups in total. The molecule has 0 spiro atoms. The van der Waals surface area contributed by atoms with E-state index in [9.17, 15) is 4.79 Å². The van der Waals surface area contributed by atoms with Gasteiger partial charge in [0, 0.05) is 0 Å². The Morgan fingerprint density at radius 3 is 1.93 bits per heavy atom. The van der Waals surface area contributed by atoms with Crippen LogP contribution in [0.4, 0.5) is 0 Å². The number of hydrogen-bond acceptors (Lipinski definition) is 5. The lowest BCUT2D eigenvalue weighted by atomic mass is 10.1. The molecule has 0 saturated heterocycles. The standard InChI is InChI=1S/C23H32NO5/c1-7-24(3,8-2)16-21(17-12-10-9-11-13-17)29-23(25)18-14-19(26-4)22(28-6)20(15-18)27-5/h9-15,21H,7-8,16H2,1-6H3/q+1. The molecule has 0 amide bonds. The van der Waals surface area contributed by atoms with E-state index in [0.29, 0.717) is 29.4 Å². The minimum atomic E-state index is -0.433. The molecular formula is C23H32NO5+. The fourth-order valence-electron chi connectivity index (χ4n) is 3.16. The van der Waals surface area contributed by atoms with Crippen molar-refractivity contribution >= 4 is 5.97 Å². The molecule has 29 heavy (non-hydrogen) atoms. The number of carbonyl (C=O) groups excluding carboxylic acids is 1. The summed E-state index contributed by atoms with van der Waals surface area (Å²) in [4.78, 5) is 13.0. The van der Waals surface area contributed by atoms with Crippen LogP contribution in [0.25, 0.3) is 0 Å². The predicted octanol–water partition coefficient (Wildman–Crippen LogP) is 4.10. The van der Waals surface area contributed by atoms with Crippen molar-refractivity contribution in [2.75, 3.05) is 48.0 Å². The monoisotopic (exact) mass is 402 g/mol. The van der Waals surface area contributed by atoms with Crippen LogP contribution in [0.15, 0.2) is 42.5 Å². The summed E-state index contributed by atoms with van der Waals surface area (Å²) < 4.78 is 22.8. The average Bonchev–Trinajstić information content (AvgIpc) is 2.77. The molecule has 158 valence electrons. The molecule has 2 rings (SSSR count). The highest BCUT2D eigenvalue weighted by Gasteiger charge is 2.28. The van der Waals surface area contributed by atoms with Crippen LogP contribution in [0.3, 0.4) is 0 Å². The van der Waals surface area contributed by atoms with Crippen molar-refractivity contribution in [3.63, 3.8) is 0 Å². The van der Waals surface area contributed by atoms with Gasteiger partial charge >= 0.3 is 5.97 Å². The first-order chi connectivity index (χ1) is 13.9. The fourth-order valence-corrected chi connectivity index (χ4v) is 3.16. The number of benzene rings is 2. The van der Waals surface area contributed by atoms with Crippen molar-refractivity contribution in [2.45, 2.75) is 20.0 Å². The lowest BCUT2D eigenvalue weighted by molar-refractivity contribution is -0.909. The fraction of sp³-hybridized carbons (Fsp3) is 0.435. The number of likely N-dealkylation sites (N-methyl/N-ethyl adjacent to an activating group) is 1. The van der Waals surface area contributed by atoms with Crippen LogP contribution in [0.2, 0.25) is 0 Å². The average molecular weight is 403 g/mol. The van der Waals surface area contributed by atoms with Crippen molar-refractivity contribution < 1.29 is 28.2 Å². The quantitative estimate of drug-likeness (QED) is 0.442. The van der Waals surface area contributed by atoms with Crippen LogP contribution in [-0.2, 0) is 4.74 Å². The van der Waals surface area contributed by atoms with E-state index in [1.807, 2.05) is 30.3 Å². The van der Waals surface area contributed by atoms with Crippen LogP contribution in [0, 0.1) is 0 Å². The van der Waals surface area contributed by atoms with Gasteiger partial charge in [0.1, 0.15) is 6.54 Å². The van der Waals surface area contributed by atoms with Gasteiger partial charge in [-0.1, -0.05) is 30.3 Å². The first-order valence-electron chi connectivity index (χ1n) is 9.80.